The lowest BCUT2D eigenvalue weighted by Gasteiger charge is -2.35. The molecule has 2 aromatic carbocycles. The number of para-hydroxylation sites is 1. The number of anilines is 1. The quantitative estimate of drug-likeness (QED) is 0.324. The Kier molecular flexibility index (Phi) is 6.88. The summed E-state index contributed by atoms with van der Waals surface area (Å²) in [5, 5.41) is 11.8. The molecule has 0 radical (unpaired) electrons. The van der Waals surface area contributed by atoms with Crippen molar-refractivity contribution in [3.05, 3.63) is 64.7 Å². The summed E-state index contributed by atoms with van der Waals surface area (Å²) in [5.41, 5.74) is 0.636. The highest BCUT2D eigenvalue weighted by Crippen LogP contribution is 2.53. The number of carbonyl (C=O) groups excluding carboxylic acids is 3. The summed E-state index contributed by atoms with van der Waals surface area (Å²) in [7, 11) is 0. The average Bonchev–Trinajstić information content (AvgIpc) is 3.53. The number of morpholine rings is 1. The van der Waals surface area contributed by atoms with Gasteiger partial charge in [-0.2, -0.15) is 0 Å². The van der Waals surface area contributed by atoms with E-state index in [9.17, 15) is 19.5 Å². The molecule has 210 valence electrons. The van der Waals surface area contributed by atoms with E-state index in [2.05, 4.69) is 4.90 Å². The van der Waals surface area contributed by atoms with Crippen molar-refractivity contribution < 1.29 is 29.0 Å². The fourth-order valence-electron chi connectivity index (χ4n) is 6.60. The molecule has 9 heteroatoms. The molecule has 0 saturated carbocycles. The zero-order valence-corrected chi connectivity index (χ0v) is 23.0. The highest BCUT2D eigenvalue weighted by Gasteiger charge is 2.66. The van der Waals surface area contributed by atoms with E-state index in [1.807, 2.05) is 32.0 Å². The third-order valence-corrected chi connectivity index (χ3v) is 8.39. The van der Waals surface area contributed by atoms with Crippen molar-refractivity contribution in [1.29, 1.82) is 0 Å². The molecule has 40 heavy (non-hydrogen) atoms. The van der Waals surface area contributed by atoms with Crippen LogP contribution in [-0.2, 0) is 31.1 Å². The molecule has 2 fully saturated rings. The predicted molar refractivity (Wildman–Crippen MR) is 149 cm³/mol. The smallest absolute Gasteiger partial charge is 0.296 e. The summed E-state index contributed by atoms with van der Waals surface area (Å²) >= 11 is 0. The van der Waals surface area contributed by atoms with Gasteiger partial charge in [-0.15, -0.1) is 0 Å². The van der Waals surface area contributed by atoms with Crippen LogP contribution in [0.3, 0.4) is 0 Å². The van der Waals surface area contributed by atoms with E-state index < -0.39 is 17.2 Å². The van der Waals surface area contributed by atoms with Crippen LogP contribution in [0.15, 0.2) is 48.0 Å². The van der Waals surface area contributed by atoms with Gasteiger partial charge in [0.05, 0.1) is 24.5 Å². The number of amides is 2. The summed E-state index contributed by atoms with van der Waals surface area (Å²) in [6.45, 7) is 8.22. The van der Waals surface area contributed by atoms with Crippen LogP contribution in [0.25, 0.3) is 5.76 Å². The van der Waals surface area contributed by atoms with E-state index in [0.717, 1.165) is 24.4 Å². The number of fused-ring (bicyclic) bond motifs is 3. The molecule has 0 aromatic heterocycles. The minimum Gasteiger partial charge on any atom is -0.507 e. The predicted octanol–water partition coefficient (Wildman–Crippen LogP) is 3.06. The van der Waals surface area contributed by atoms with Crippen molar-refractivity contribution in [3.63, 3.8) is 0 Å². The minimum atomic E-state index is -1.72. The largest absolute Gasteiger partial charge is 0.507 e. The fraction of sp³-hybridized carbons (Fsp3) is 0.452. The van der Waals surface area contributed by atoms with Crippen molar-refractivity contribution in [1.82, 2.24) is 9.80 Å². The SMILES string of the molecule is CCCN1C(=O)[C@@]2(C(=C(O)c3ccc4c(c3)C[C@H](C)O4)C(=O)C(=O)N2CCCN2CCOCC2)c2ccccc21. The van der Waals surface area contributed by atoms with Gasteiger partial charge >= 0.3 is 0 Å². The van der Waals surface area contributed by atoms with E-state index in [4.69, 9.17) is 9.47 Å². The van der Waals surface area contributed by atoms with Gasteiger partial charge in [0.2, 0.25) is 0 Å². The number of hydrogen-bond acceptors (Lipinski definition) is 7. The molecule has 6 rings (SSSR count). The van der Waals surface area contributed by atoms with Crippen LogP contribution in [0.2, 0.25) is 0 Å². The first-order valence-electron chi connectivity index (χ1n) is 14.2. The highest BCUT2D eigenvalue weighted by molar-refractivity contribution is 6.50. The molecule has 0 bridgehead atoms. The topological polar surface area (TPSA) is 99.6 Å². The Morgan fingerprint density at radius 2 is 1.82 bits per heavy atom. The number of rotatable bonds is 7. The van der Waals surface area contributed by atoms with Crippen LogP contribution < -0.4 is 9.64 Å². The molecule has 2 saturated heterocycles. The zero-order valence-electron chi connectivity index (χ0n) is 23.0. The molecule has 0 aliphatic carbocycles. The van der Waals surface area contributed by atoms with Crippen LogP contribution in [0.1, 0.15) is 43.4 Å². The Morgan fingerprint density at radius 3 is 2.60 bits per heavy atom. The van der Waals surface area contributed by atoms with Crippen LogP contribution in [-0.4, -0.2) is 84.5 Å². The number of likely N-dealkylation sites (tertiary alicyclic amines) is 1. The maximum atomic E-state index is 14.5. The van der Waals surface area contributed by atoms with Gasteiger partial charge in [0.1, 0.15) is 17.6 Å². The van der Waals surface area contributed by atoms with Crippen molar-refractivity contribution in [2.45, 2.75) is 44.8 Å². The third kappa shape index (κ3) is 4.02. The number of nitrogens with zero attached hydrogens (tertiary/aromatic N) is 3. The second kappa shape index (κ2) is 10.4. The molecule has 4 aliphatic heterocycles. The molecule has 2 aromatic rings. The fourth-order valence-corrected chi connectivity index (χ4v) is 6.60. The van der Waals surface area contributed by atoms with E-state index in [1.54, 1.807) is 29.2 Å². The van der Waals surface area contributed by atoms with E-state index in [1.165, 1.54) is 4.90 Å². The van der Waals surface area contributed by atoms with E-state index in [-0.39, 0.29) is 29.9 Å². The average molecular weight is 546 g/mol. The van der Waals surface area contributed by atoms with E-state index in [0.29, 0.717) is 62.4 Å². The van der Waals surface area contributed by atoms with E-state index >= 15 is 0 Å². The monoisotopic (exact) mass is 545 g/mol. The van der Waals surface area contributed by atoms with Gasteiger partial charge in [-0.25, -0.2) is 0 Å². The molecule has 2 atom stereocenters. The lowest BCUT2D eigenvalue weighted by molar-refractivity contribution is -0.143. The van der Waals surface area contributed by atoms with Gasteiger partial charge in [-0.1, -0.05) is 25.1 Å². The molecule has 4 aliphatic rings. The highest BCUT2D eigenvalue weighted by atomic mass is 16.5. The first-order chi connectivity index (χ1) is 19.4. The molecule has 1 N–H and O–H groups in total. The summed E-state index contributed by atoms with van der Waals surface area (Å²) in [6.07, 6.45) is 1.95. The van der Waals surface area contributed by atoms with Gasteiger partial charge in [-0.05, 0) is 49.6 Å². The maximum absolute atomic E-state index is 14.5. The third-order valence-electron chi connectivity index (χ3n) is 8.39. The molecular formula is C31H35N3O6. The Labute approximate surface area is 233 Å². The number of Topliss-reactive ketones (excluding diaryl/α,β-unsaturated/α-hetero) is 1. The lowest BCUT2D eigenvalue weighted by atomic mass is 9.81. The number of carbonyl (C=O) groups is 3. The van der Waals surface area contributed by atoms with Crippen LogP contribution in [0.5, 0.6) is 5.75 Å². The molecular weight excluding hydrogens is 510 g/mol. The van der Waals surface area contributed by atoms with Crippen LogP contribution >= 0.6 is 0 Å². The van der Waals surface area contributed by atoms with Crippen LogP contribution in [0, 0.1) is 0 Å². The van der Waals surface area contributed by atoms with Crippen molar-refractivity contribution in [2.24, 2.45) is 0 Å². The van der Waals surface area contributed by atoms with Gasteiger partial charge in [0.15, 0.2) is 5.54 Å². The molecule has 2 amide bonds. The van der Waals surface area contributed by atoms with Gasteiger partial charge in [0.25, 0.3) is 17.6 Å². The minimum absolute atomic E-state index is 0.00826. The number of ether oxygens (including phenoxy) is 2. The van der Waals surface area contributed by atoms with Gasteiger partial charge in [-0.3, -0.25) is 19.3 Å². The van der Waals surface area contributed by atoms with Gasteiger partial charge < -0.3 is 24.4 Å². The molecule has 4 heterocycles. The Hall–Kier alpha value is -3.69. The molecule has 9 nitrogen and oxygen atoms in total. The number of hydrogen-bond donors (Lipinski definition) is 1. The Morgan fingerprint density at radius 1 is 1.05 bits per heavy atom. The Bertz CT molecular complexity index is 1400. The number of ketones is 1. The second-order valence-electron chi connectivity index (χ2n) is 11.0. The maximum Gasteiger partial charge on any atom is 0.296 e. The normalized spacial score (nSPS) is 25.6. The zero-order chi connectivity index (χ0) is 28.0. The standard InChI is InChI=1S/C31H35N3O6/c1-3-11-33-24-8-5-4-7-23(24)31(30(33)38)26(27(35)21-9-10-25-22(19-21)18-20(2)40-25)28(36)29(37)34(31)13-6-12-32-14-16-39-17-15-32/h4-5,7-10,19-20,35H,3,6,11-18H2,1-2H3/t20-,31-/m0/s1. The summed E-state index contributed by atoms with van der Waals surface area (Å²) in [4.78, 5) is 47.4. The molecule has 0 unspecified atom stereocenters. The number of aliphatic hydroxyl groups is 1. The summed E-state index contributed by atoms with van der Waals surface area (Å²) in [5.74, 6) is -1.57. The van der Waals surface area contributed by atoms with Crippen molar-refractivity contribution in [2.75, 3.05) is 50.8 Å². The Balaban J connectivity index is 1.48. The van der Waals surface area contributed by atoms with Gasteiger partial charge in [0, 0.05) is 50.3 Å². The number of aliphatic hydroxyl groups excluding tert-OH is 1. The second-order valence-corrected chi connectivity index (χ2v) is 11.0. The first kappa shape index (κ1) is 26.5. The first-order valence-corrected chi connectivity index (χ1v) is 14.2. The van der Waals surface area contributed by atoms with Crippen LogP contribution in [0.4, 0.5) is 5.69 Å². The van der Waals surface area contributed by atoms with Crippen molar-refractivity contribution >= 4 is 29.0 Å². The van der Waals surface area contributed by atoms with Crippen molar-refractivity contribution in [3.8, 4) is 5.75 Å². The summed E-state index contributed by atoms with van der Waals surface area (Å²) in [6, 6.07) is 12.6. The molecule has 1 spiro atoms. The lowest BCUT2D eigenvalue weighted by Crippen LogP contribution is -2.52. The number of benzene rings is 2. The summed E-state index contributed by atoms with van der Waals surface area (Å²) < 4.78 is 11.3.